The fourth-order valence-electron chi connectivity index (χ4n) is 0.914. The van der Waals surface area contributed by atoms with Crippen LogP contribution in [0.1, 0.15) is 5.69 Å². The monoisotopic (exact) mass is 150 g/mol. The number of nitrogens with zero attached hydrogens (tertiary/aromatic N) is 4. The van der Waals surface area contributed by atoms with Crippen molar-refractivity contribution in [2.24, 2.45) is 0 Å². The first kappa shape index (κ1) is 6.09. The lowest BCUT2D eigenvalue weighted by atomic mass is 10.3. The average Bonchev–Trinajstić information content (AvgIpc) is 2.45. The van der Waals surface area contributed by atoms with Gasteiger partial charge in [0, 0.05) is 0 Å². The summed E-state index contributed by atoms with van der Waals surface area (Å²) in [4.78, 5) is 11.6. The van der Waals surface area contributed by atoms with E-state index in [1.807, 2.05) is 0 Å². The zero-order valence-electron chi connectivity index (χ0n) is 5.89. The van der Waals surface area contributed by atoms with E-state index in [-0.39, 0.29) is 0 Å². The van der Waals surface area contributed by atoms with Crippen molar-refractivity contribution in [3.63, 3.8) is 0 Å². The minimum Gasteiger partial charge on any atom is -0.427 e. The van der Waals surface area contributed by atoms with Gasteiger partial charge in [-0.1, -0.05) is 0 Å². The summed E-state index contributed by atoms with van der Waals surface area (Å²) in [5.41, 5.74) is 1.28. The molecule has 56 valence electrons. The van der Waals surface area contributed by atoms with Gasteiger partial charge in [0.15, 0.2) is 5.82 Å². The molecule has 2 rings (SSSR count). The van der Waals surface area contributed by atoms with Gasteiger partial charge in [0.1, 0.15) is 18.3 Å². The first-order chi connectivity index (χ1) is 5.29. The standard InChI is InChI=1S/C6H6N4O/c1-4-5-6(8-2-7-5)9-3-10(4)11/h2-3,11H,1H3. The molecule has 0 spiro atoms. The molecule has 0 aromatic heterocycles. The van der Waals surface area contributed by atoms with E-state index in [4.69, 9.17) is 5.21 Å². The molecule has 0 atom stereocenters. The molecule has 2 aliphatic rings. The summed E-state index contributed by atoms with van der Waals surface area (Å²) in [6, 6.07) is 0. The SMILES string of the molecule is Cc1c2ncnc-2ncn1O. The van der Waals surface area contributed by atoms with Gasteiger partial charge in [0.2, 0.25) is 0 Å². The van der Waals surface area contributed by atoms with Gasteiger partial charge >= 0.3 is 0 Å². The summed E-state index contributed by atoms with van der Waals surface area (Å²) < 4.78 is 0.928. The molecule has 0 bridgehead atoms. The smallest absolute Gasteiger partial charge is 0.183 e. The van der Waals surface area contributed by atoms with Gasteiger partial charge in [-0.05, 0) is 6.92 Å². The maximum atomic E-state index is 9.12. The van der Waals surface area contributed by atoms with E-state index in [9.17, 15) is 0 Å². The lowest BCUT2D eigenvalue weighted by molar-refractivity contribution is 0.174. The molecule has 11 heavy (non-hydrogen) atoms. The van der Waals surface area contributed by atoms with Crippen LogP contribution in [-0.4, -0.2) is 24.9 Å². The van der Waals surface area contributed by atoms with Crippen LogP contribution in [0.25, 0.3) is 11.5 Å². The van der Waals surface area contributed by atoms with Crippen LogP contribution in [0, 0.1) is 6.92 Å². The molecule has 1 N–H and O–H groups in total. The van der Waals surface area contributed by atoms with Crippen molar-refractivity contribution in [3.8, 4) is 11.5 Å². The molecule has 0 fully saturated rings. The van der Waals surface area contributed by atoms with Gasteiger partial charge in [-0.25, -0.2) is 15.0 Å². The molecule has 2 heterocycles. The lowest BCUT2D eigenvalue weighted by Crippen LogP contribution is -2.02. The number of fused-ring (bicyclic) bond motifs is 1. The molecule has 2 aliphatic heterocycles. The fourth-order valence-corrected chi connectivity index (χ4v) is 0.914. The highest BCUT2D eigenvalue weighted by atomic mass is 16.5. The predicted octanol–water partition coefficient (Wildman–Crippen LogP) is 0.324. The van der Waals surface area contributed by atoms with E-state index in [1.54, 1.807) is 6.92 Å². The van der Waals surface area contributed by atoms with Crippen LogP contribution in [0.4, 0.5) is 0 Å². The van der Waals surface area contributed by atoms with Gasteiger partial charge < -0.3 is 5.21 Å². The highest BCUT2D eigenvalue weighted by molar-refractivity contribution is 5.52. The van der Waals surface area contributed by atoms with Crippen molar-refractivity contribution in [1.29, 1.82) is 0 Å². The zero-order valence-corrected chi connectivity index (χ0v) is 5.89. The van der Waals surface area contributed by atoms with Crippen molar-refractivity contribution in [3.05, 3.63) is 18.3 Å². The molecular weight excluding hydrogens is 144 g/mol. The van der Waals surface area contributed by atoms with E-state index in [2.05, 4.69) is 15.0 Å². The summed E-state index contributed by atoms with van der Waals surface area (Å²) >= 11 is 0. The minimum absolute atomic E-state index is 0.563. The Bertz CT molecular complexity index is 356. The van der Waals surface area contributed by atoms with Gasteiger partial charge in [0.25, 0.3) is 0 Å². The molecule has 0 radical (unpaired) electrons. The Morgan fingerprint density at radius 3 is 3.00 bits per heavy atom. The minimum atomic E-state index is 0.563. The second kappa shape index (κ2) is 1.91. The van der Waals surface area contributed by atoms with Gasteiger partial charge in [-0.2, -0.15) is 4.73 Å². The molecule has 0 amide bonds. The number of hydrogen-bond donors (Lipinski definition) is 1. The summed E-state index contributed by atoms with van der Waals surface area (Å²) in [5.74, 6) is 0.563. The Morgan fingerprint density at radius 1 is 1.36 bits per heavy atom. The third-order valence-corrected chi connectivity index (χ3v) is 1.55. The zero-order chi connectivity index (χ0) is 7.84. The average molecular weight is 150 g/mol. The molecular formula is C6H6N4O. The van der Waals surface area contributed by atoms with E-state index < -0.39 is 0 Å². The van der Waals surface area contributed by atoms with Gasteiger partial charge in [-0.15, -0.1) is 0 Å². The summed E-state index contributed by atoms with van der Waals surface area (Å²) in [6.07, 6.45) is 2.72. The van der Waals surface area contributed by atoms with E-state index >= 15 is 0 Å². The highest BCUT2D eigenvalue weighted by Crippen LogP contribution is 2.16. The third-order valence-electron chi connectivity index (χ3n) is 1.55. The summed E-state index contributed by atoms with van der Waals surface area (Å²) in [6.45, 7) is 1.75. The van der Waals surface area contributed by atoms with E-state index in [0.717, 1.165) is 4.73 Å². The maximum Gasteiger partial charge on any atom is 0.183 e. The van der Waals surface area contributed by atoms with Crippen LogP contribution < -0.4 is 0 Å². The predicted molar refractivity (Wildman–Crippen MR) is 36.4 cm³/mol. The Balaban J connectivity index is 2.81. The largest absolute Gasteiger partial charge is 0.427 e. The first-order valence-electron chi connectivity index (χ1n) is 3.13. The van der Waals surface area contributed by atoms with Crippen LogP contribution in [0.3, 0.4) is 0 Å². The van der Waals surface area contributed by atoms with Crippen LogP contribution in [0.5, 0.6) is 0 Å². The van der Waals surface area contributed by atoms with Crippen LogP contribution in [-0.2, 0) is 0 Å². The van der Waals surface area contributed by atoms with E-state index in [1.165, 1.54) is 12.7 Å². The Morgan fingerprint density at radius 2 is 2.18 bits per heavy atom. The molecule has 0 aliphatic carbocycles. The van der Waals surface area contributed by atoms with Gasteiger partial charge in [0.05, 0.1) is 5.69 Å². The second-order valence-corrected chi connectivity index (χ2v) is 2.22. The van der Waals surface area contributed by atoms with Crippen LogP contribution in [0.2, 0.25) is 0 Å². The van der Waals surface area contributed by atoms with Crippen LogP contribution in [0.15, 0.2) is 12.7 Å². The van der Waals surface area contributed by atoms with Crippen molar-refractivity contribution >= 4 is 0 Å². The molecule has 0 aromatic rings. The molecule has 0 unspecified atom stereocenters. The molecule has 5 heteroatoms. The normalized spacial score (nSPS) is 10.6. The quantitative estimate of drug-likeness (QED) is 0.549. The Labute approximate surface area is 62.7 Å². The van der Waals surface area contributed by atoms with Crippen molar-refractivity contribution < 1.29 is 5.21 Å². The van der Waals surface area contributed by atoms with Gasteiger partial charge in [-0.3, -0.25) is 0 Å². The number of hydrogen-bond acceptors (Lipinski definition) is 4. The molecule has 0 aromatic carbocycles. The number of aromatic nitrogens is 4. The maximum absolute atomic E-state index is 9.12. The molecule has 5 nitrogen and oxygen atoms in total. The Hall–Kier alpha value is -1.65. The molecule has 0 saturated heterocycles. The van der Waals surface area contributed by atoms with E-state index in [0.29, 0.717) is 17.2 Å². The second-order valence-electron chi connectivity index (χ2n) is 2.22. The number of imidazole rings is 1. The first-order valence-corrected chi connectivity index (χ1v) is 3.13. The van der Waals surface area contributed by atoms with Crippen molar-refractivity contribution in [1.82, 2.24) is 19.7 Å². The molecule has 0 saturated carbocycles. The fraction of sp³-hybridized carbons (Fsp3) is 0.167. The Kier molecular flexibility index (Phi) is 1.06. The summed E-state index contributed by atoms with van der Waals surface area (Å²) in [7, 11) is 0. The van der Waals surface area contributed by atoms with Crippen molar-refractivity contribution in [2.45, 2.75) is 6.92 Å². The topological polar surface area (TPSA) is 63.8 Å². The number of rotatable bonds is 0. The lowest BCUT2D eigenvalue weighted by Gasteiger charge is -2.03. The highest BCUT2D eigenvalue weighted by Gasteiger charge is 2.11. The summed E-state index contributed by atoms with van der Waals surface area (Å²) in [5, 5.41) is 9.12. The third kappa shape index (κ3) is 0.739. The van der Waals surface area contributed by atoms with Crippen molar-refractivity contribution in [2.75, 3.05) is 0 Å². The van der Waals surface area contributed by atoms with Crippen LogP contribution >= 0.6 is 0 Å².